The molecule has 1 aromatic carbocycles. The first-order valence-electron chi connectivity index (χ1n) is 6.18. The molecule has 0 spiro atoms. The quantitative estimate of drug-likeness (QED) is 0.829. The maximum atomic E-state index is 9.45. The zero-order valence-electron chi connectivity index (χ0n) is 10.2. The van der Waals surface area contributed by atoms with Crippen molar-refractivity contribution in [3.8, 4) is 6.07 Å². The van der Waals surface area contributed by atoms with Gasteiger partial charge in [0.1, 0.15) is 5.54 Å². The van der Waals surface area contributed by atoms with Crippen molar-refractivity contribution >= 4 is 0 Å². The Kier molecular flexibility index (Phi) is 3.78. The fraction of sp³-hybridized carbons (Fsp3) is 0.500. The second-order valence-electron chi connectivity index (χ2n) is 4.78. The zero-order valence-corrected chi connectivity index (χ0v) is 10.2. The van der Waals surface area contributed by atoms with Gasteiger partial charge in [-0.3, -0.25) is 5.32 Å². The van der Waals surface area contributed by atoms with E-state index in [0.29, 0.717) is 5.92 Å². The number of nitriles is 1. The van der Waals surface area contributed by atoms with E-state index >= 15 is 0 Å². The Labute approximate surface area is 103 Å². The Balaban J connectivity index is 2.03. The maximum Gasteiger partial charge on any atom is 0.112 e. The third-order valence-corrected chi connectivity index (χ3v) is 3.64. The molecule has 1 saturated heterocycles. The van der Waals surface area contributed by atoms with E-state index in [9.17, 15) is 5.26 Å². The smallest absolute Gasteiger partial charge is 0.112 e. The minimum absolute atomic E-state index is 0.338. The molecule has 90 valence electrons. The first-order valence-corrected chi connectivity index (χ1v) is 6.18. The van der Waals surface area contributed by atoms with E-state index in [2.05, 4.69) is 35.8 Å². The third-order valence-electron chi connectivity index (χ3n) is 3.64. The van der Waals surface area contributed by atoms with Crippen LogP contribution in [0.5, 0.6) is 0 Å². The summed E-state index contributed by atoms with van der Waals surface area (Å²) in [6.45, 7) is 4.72. The molecule has 0 saturated carbocycles. The second-order valence-corrected chi connectivity index (χ2v) is 4.78. The Bertz CT molecular complexity index is 396. The predicted octanol–water partition coefficient (Wildman–Crippen LogP) is 1.67. The molecule has 2 unspecified atom stereocenters. The van der Waals surface area contributed by atoms with Crippen LogP contribution in [0.25, 0.3) is 0 Å². The molecule has 3 nitrogen and oxygen atoms in total. The molecule has 0 amide bonds. The van der Waals surface area contributed by atoms with E-state index in [1.807, 2.05) is 18.2 Å². The van der Waals surface area contributed by atoms with Gasteiger partial charge in [0.05, 0.1) is 6.07 Å². The number of nitrogens with one attached hydrogen (secondary N) is 2. The minimum atomic E-state index is -0.374. The molecule has 0 aliphatic carbocycles. The summed E-state index contributed by atoms with van der Waals surface area (Å²) in [6.07, 6.45) is 0.873. The van der Waals surface area contributed by atoms with Crippen molar-refractivity contribution < 1.29 is 0 Å². The van der Waals surface area contributed by atoms with E-state index in [-0.39, 0.29) is 5.54 Å². The molecule has 1 heterocycles. The van der Waals surface area contributed by atoms with Crippen molar-refractivity contribution in [3.63, 3.8) is 0 Å². The van der Waals surface area contributed by atoms with Gasteiger partial charge in [0.25, 0.3) is 0 Å². The normalized spacial score (nSPS) is 28.6. The summed E-state index contributed by atoms with van der Waals surface area (Å²) >= 11 is 0. The van der Waals surface area contributed by atoms with Gasteiger partial charge in [-0.05, 0) is 18.5 Å². The first-order chi connectivity index (χ1) is 8.27. The predicted molar refractivity (Wildman–Crippen MR) is 68.3 cm³/mol. The molecule has 3 heteroatoms. The van der Waals surface area contributed by atoms with Crippen LogP contribution in [0, 0.1) is 17.2 Å². The topological polar surface area (TPSA) is 47.9 Å². The molecule has 2 N–H and O–H groups in total. The summed E-state index contributed by atoms with van der Waals surface area (Å²) in [7, 11) is 0. The average molecular weight is 229 g/mol. The van der Waals surface area contributed by atoms with Gasteiger partial charge in [-0.25, -0.2) is 0 Å². The Morgan fingerprint density at radius 2 is 2.24 bits per heavy atom. The van der Waals surface area contributed by atoms with E-state index < -0.39 is 0 Å². The van der Waals surface area contributed by atoms with Gasteiger partial charge < -0.3 is 5.32 Å². The lowest BCUT2D eigenvalue weighted by Crippen LogP contribution is -2.56. The molecule has 0 aromatic heterocycles. The maximum absolute atomic E-state index is 9.45. The van der Waals surface area contributed by atoms with Crippen LogP contribution in [-0.2, 0) is 6.54 Å². The van der Waals surface area contributed by atoms with Crippen molar-refractivity contribution in [2.24, 2.45) is 5.92 Å². The number of nitrogens with zero attached hydrogens (tertiary/aromatic N) is 1. The van der Waals surface area contributed by atoms with Gasteiger partial charge >= 0.3 is 0 Å². The SMILES string of the molecule is CC1CNCCC1(C#N)NCc1ccccc1. The van der Waals surface area contributed by atoms with Crippen LogP contribution in [0.15, 0.2) is 30.3 Å². The lowest BCUT2D eigenvalue weighted by Gasteiger charge is -2.38. The molecule has 1 aromatic rings. The summed E-state index contributed by atoms with van der Waals surface area (Å²) in [4.78, 5) is 0. The highest BCUT2D eigenvalue weighted by molar-refractivity contribution is 5.18. The second kappa shape index (κ2) is 5.31. The molecular weight excluding hydrogens is 210 g/mol. The van der Waals surface area contributed by atoms with Crippen LogP contribution in [0.1, 0.15) is 18.9 Å². The summed E-state index contributed by atoms with van der Waals surface area (Å²) in [5, 5.41) is 16.2. The van der Waals surface area contributed by atoms with Crippen LogP contribution in [0.2, 0.25) is 0 Å². The van der Waals surface area contributed by atoms with Crippen molar-refractivity contribution in [1.82, 2.24) is 10.6 Å². The summed E-state index contributed by atoms with van der Waals surface area (Å²) < 4.78 is 0. The highest BCUT2D eigenvalue weighted by Crippen LogP contribution is 2.24. The average Bonchev–Trinajstić information content (AvgIpc) is 2.39. The number of rotatable bonds is 3. The van der Waals surface area contributed by atoms with Crippen molar-refractivity contribution in [2.45, 2.75) is 25.4 Å². The molecule has 1 aliphatic heterocycles. The molecule has 1 aliphatic rings. The van der Waals surface area contributed by atoms with Crippen LogP contribution in [-0.4, -0.2) is 18.6 Å². The summed E-state index contributed by atoms with van der Waals surface area (Å²) in [5.74, 6) is 0.338. The zero-order chi connectivity index (χ0) is 12.1. The number of piperidine rings is 1. The largest absolute Gasteiger partial charge is 0.316 e. The highest BCUT2D eigenvalue weighted by Gasteiger charge is 2.37. The van der Waals surface area contributed by atoms with Crippen molar-refractivity contribution in [3.05, 3.63) is 35.9 Å². The highest BCUT2D eigenvalue weighted by atomic mass is 15.0. The van der Waals surface area contributed by atoms with E-state index in [1.54, 1.807) is 0 Å². The van der Waals surface area contributed by atoms with Crippen LogP contribution >= 0.6 is 0 Å². The molecular formula is C14H19N3. The van der Waals surface area contributed by atoms with Crippen LogP contribution < -0.4 is 10.6 Å². The number of hydrogen-bond donors (Lipinski definition) is 2. The number of hydrogen-bond acceptors (Lipinski definition) is 3. The van der Waals surface area contributed by atoms with E-state index in [1.165, 1.54) is 5.56 Å². The minimum Gasteiger partial charge on any atom is -0.316 e. The van der Waals surface area contributed by atoms with Gasteiger partial charge in [0.2, 0.25) is 0 Å². The molecule has 2 rings (SSSR count). The molecule has 17 heavy (non-hydrogen) atoms. The summed E-state index contributed by atoms with van der Waals surface area (Å²) in [6, 6.07) is 12.7. The molecule has 0 bridgehead atoms. The lowest BCUT2D eigenvalue weighted by atomic mass is 9.80. The van der Waals surface area contributed by atoms with E-state index in [4.69, 9.17) is 0 Å². The van der Waals surface area contributed by atoms with Gasteiger partial charge in [0.15, 0.2) is 0 Å². The van der Waals surface area contributed by atoms with E-state index in [0.717, 1.165) is 26.1 Å². The molecule has 2 atom stereocenters. The van der Waals surface area contributed by atoms with Gasteiger partial charge in [-0.1, -0.05) is 37.3 Å². The first kappa shape index (κ1) is 12.1. The monoisotopic (exact) mass is 229 g/mol. The van der Waals surface area contributed by atoms with Crippen molar-refractivity contribution in [1.29, 1.82) is 5.26 Å². The lowest BCUT2D eigenvalue weighted by molar-refractivity contribution is 0.225. The van der Waals surface area contributed by atoms with Crippen LogP contribution in [0.4, 0.5) is 0 Å². The van der Waals surface area contributed by atoms with Crippen LogP contribution in [0.3, 0.4) is 0 Å². The number of benzene rings is 1. The fourth-order valence-electron chi connectivity index (χ4n) is 2.35. The Morgan fingerprint density at radius 3 is 2.88 bits per heavy atom. The Morgan fingerprint density at radius 1 is 1.47 bits per heavy atom. The Hall–Kier alpha value is -1.37. The van der Waals surface area contributed by atoms with Gasteiger partial charge in [0, 0.05) is 19.0 Å². The van der Waals surface area contributed by atoms with Gasteiger partial charge in [-0.2, -0.15) is 5.26 Å². The third kappa shape index (κ3) is 2.66. The van der Waals surface area contributed by atoms with Crippen molar-refractivity contribution in [2.75, 3.05) is 13.1 Å². The summed E-state index contributed by atoms with van der Waals surface area (Å²) in [5.41, 5.74) is 0.856. The molecule has 1 fully saturated rings. The fourth-order valence-corrected chi connectivity index (χ4v) is 2.35. The standard InChI is InChI=1S/C14H19N3/c1-12-9-16-8-7-14(12,11-15)17-10-13-5-3-2-4-6-13/h2-6,12,16-17H,7-10H2,1H3. The molecule has 0 radical (unpaired) electrons. The van der Waals surface area contributed by atoms with Gasteiger partial charge in [-0.15, -0.1) is 0 Å².